The number of hydrogen-bond donors (Lipinski definition) is 0. The third-order valence-electron chi connectivity index (χ3n) is 18.3. The molecule has 0 amide bonds. The smallest absolute Gasteiger partial charge is 0.0725 e. The minimum Gasteiger partial charge on any atom is -0.310 e. The molecule has 0 atom stereocenters. The summed E-state index contributed by atoms with van der Waals surface area (Å²) in [5.41, 5.74) is 33.2. The summed E-state index contributed by atoms with van der Waals surface area (Å²) in [6.07, 6.45) is 0. The largest absolute Gasteiger partial charge is 0.310 e. The highest BCUT2D eigenvalue weighted by Gasteiger charge is 2.53. The van der Waals surface area contributed by atoms with Crippen molar-refractivity contribution in [2.24, 2.45) is 0 Å². The van der Waals surface area contributed by atoms with Gasteiger partial charge in [0.1, 0.15) is 0 Å². The van der Waals surface area contributed by atoms with Crippen LogP contribution in [0, 0.1) is 0 Å². The maximum Gasteiger partial charge on any atom is 0.0725 e. The molecule has 2 spiro atoms. The molecule has 4 aliphatic rings. The van der Waals surface area contributed by atoms with E-state index in [0.717, 1.165) is 22.6 Å². The summed E-state index contributed by atoms with van der Waals surface area (Å²) in [5.74, 6) is 0. The van der Waals surface area contributed by atoms with Crippen LogP contribution in [0.25, 0.3) is 89.0 Å². The lowest BCUT2D eigenvalue weighted by Crippen LogP contribution is -2.25. The number of fused-ring (bicyclic) bond motifs is 20. The highest BCUT2D eigenvalue weighted by atomic mass is 15.1. The molecule has 0 saturated heterocycles. The molecule has 13 aromatic rings. The number of anilines is 3. The van der Waals surface area contributed by atoms with E-state index in [2.05, 4.69) is 314 Å². The van der Waals surface area contributed by atoms with E-state index in [9.17, 15) is 0 Å². The number of benzene rings is 13. The van der Waals surface area contributed by atoms with Gasteiger partial charge in [0.2, 0.25) is 0 Å². The van der Waals surface area contributed by atoms with Crippen LogP contribution in [0.15, 0.2) is 309 Å². The van der Waals surface area contributed by atoms with Crippen LogP contribution < -0.4 is 4.90 Å². The van der Waals surface area contributed by atoms with Gasteiger partial charge >= 0.3 is 0 Å². The zero-order valence-electron chi connectivity index (χ0n) is 44.4. The molecular weight excluding hydrogens is 975 g/mol. The van der Waals surface area contributed by atoms with Crippen LogP contribution in [-0.2, 0) is 10.8 Å². The zero-order valence-corrected chi connectivity index (χ0v) is 44.4. The molecule has 0 aliphatic heterocycles. The van der Waals surface area contributed by atoms with Gasteiger partial charge in [0.15, 0.2) is 0 Å². The van der Waals surface area contributed by atoms with Crippen LogP contribution in [0.3, 0.4) is 0 Å². The lowest BCUT2D eigenvalue weighted by atomic mass is 9.70. The molecule has 4 aliphatic carbocycles. The van der Waals surface area contributed by atoms with Crippen LogP contribution >= 0.6 is 0 Å². The first kappa shape index (κ1) is 45.7. The molecule has 0 heterocycles. The normalized spacial score (nSPS) is 13.6. The Morgan fingerprint density at radius 2 is 0.494 bits per heavy atom. The third-order valence-corrected chi connectivity index (χ3v) is 18.3. The van der Waals surface area contributed by atoms with E-state index in [1.54, 1.807) is 0 Å². The molecule has 13 aromatic carbocycles. The van der Waals surface area contributed by atoms with E-state index < -0.39 is 10.8 Å². The molecular formula is C80H51N. The predicted molar refractivity (Wildman–Crippen MR) is 335 cm³/mol. The second kappa shape index (κ2) is 17.6. The molecule has 0 fully saturated rings. The molecule has 81 heavy (non-hydrogen) atoms. The maximum atomic E-state index is 2.47. The molecule has 1 nitrogen and oxygen atoms in total. The average molecular weight is 1030 g/mol. The Hall–Kier alpha value is -10.3. The lowest BCUT2D eigenvalue weighted by molar-refractivity contribution is 0.794. The molecule has 1 heteroatoms. The van der Waals surface area contributed by atoms with Gasteiger partial charge < -0.3 is 4.90 Å². The number of nitrogens with zero attached hydrogens (tertiary/aromatic N) is 1. The van der Waals surface area contributed by atoms with E-state index in [1.165, 1.54) is 128 Å². The average Bonchev–Trinajstić information content (AvgIpc) is 4.40. The summed E-state index contributed by atoms with van der Waals surface area (Å²) >= 11 is 0. The van der Waals surface area contributed by atoms with Gasteiger partial charge in [-0.15, -0.1) is 0 Å². The van der Waals surface area contributed by atoms with Crippen molar-refractivity contribution in [3.05, 3.63) is 354 Å². The van der Waals surface area contributed by atoms with Crippen LogP contribution in [0.5, 0.6) is 0 Å². The fourth-order valence-electron chi connectivity index (χ4n) is 15.2. The van der Waals surface area contributed by atoms with Gasteiger partial charge in [0, 0.05) is 17.1 Å². The van der Waals surface area contributed by atoms with Crippen LogP contribution in [0.2, 0.25) is 0 Å². The summed E-state index contributed by atoms with van der Waals surface area (Å²) < 4.78 is 0. The summed E-state index contributed by atoms with van der Waals surface area (Å²) in [5, 5.41) is 0. The summed E-state index contributed by atoms with van der Waals surface area (Å²) in [6.45, 7) is 0. The van der Waals surface area contributed by atoms with E-state index in [0.29, 0.717) is 0 Å². The standard InChI is InChI=1S/C80H51N/c1-3-22-52(23-4-1)59-48-46-56(50-68(59)53-24-5-2-6-25-53)81(57-47-49-76-69(51-57)65-32-13-19-39-74(65)79(76)70-35-15-9-28-61(70)62-29-10-16-36-71(62)79)55-44-42-54(43-45-55)58-26-7-8-27-60(58)66-34-21-41-77-78(66)67-33-14-20-40-75(67)80(77)72-37-17-11-30-63(72)64-31-12-18-38-73(64)80/h1-51H. The van der Waals surface area contributed by atoms with Gasteiger partial charge in [0.05, 0.1) is 10.8 Å². The Balaban J connectivity index is 0.842. The summed E-state index contributed by atoms with van der Waals surface area (Å²) in [4.78, 5) is 2.47. The van der Waals surface area contributed by atoms with Crippen molar-refractivity contribution < 1.29 is 0 Å². The van der Waals surface area contributed by atoms with Crippen LogP contribution in [-0.4, -0.2) is 0 Å². The maximum absolute atomic E-state index is 2.47. The first-order valence-corrected chi connectivity index (χ1v) is 28.3. The highest BCUT2D eigenvalue weighted by molar-refractivity contribution is 6.03. The first-order chi connectivity index (χ1) is 40.2. The van der Waals surface area contributed by atoms with Gasteiger partial charge in [-0.05, 0) is 170 Å². The summed E-state index contributed by atoms with van der Waals surface area (Å²) in [6, 6.07) is 116. The van der Waals surface area contributed by atoms with Crippen LogP contribution in [0.1, 0.15) is 44.5 Å². The molecule has 0 unspecified atom stereocenters. The molecule has 376 valence electrons. The molecule has 0 N–H and O–H groups in total. The van der Waals surface area contributed by atoms with Crippen molar-refractivity contribution in [3.8, 4) is 89.0 Å². The van der Waals surface area contributed by atoms with Gasteiger partial charge in [-0.2, -0.15) is 0 Å². The molecule has 0 radical (unpaired) electrons. The fourth-order valence-corrected chi connectivity index (χ4v) is 15.2. The topological polar surface area (TPSA) is 3.24 Å². The first-order valence-electron chi connectivity index (χ1n) is 28.3. The SMILES string of the molecule is c1ccc(-c2ccc(N(c3ccc(-c4ccccc4-c4cccc5c4-c4ccccc4C54c5ccccc5-c5ccccc54)cc3)c3ccc4c(c3)-c3ccccc3C43c4ccccc4-c4ccccc43)cc2-c2ccccc2)cc1. The van der Waals surface area contributed by atoms with Crippen molar-refractivity contribution in [1.82, 2.24) is 0 Å². The Labute approximate surface area is 473 Å². The summed E-state index contributed by atoms with van der Waals surface area (Å²) in [7, 11) is 0. The second-order valence-electron chi connectivity index (χ2n) is 22.1. The highest BCUT2D eigenvalue weighted by Crippen LogP contribution is 2.66. The van der Waals surface area contributed by atoms with Crippen molar-refractivity contribution in [2.75, 3.05) is 4.90 Å². The van der Waals surface area contributed by atoms with E-state index in [4.69, 9.17) is 0 Å². The van der Waals surface area contributed by atoms with E-state index in [-0.39, 0.29) is 0 Å². The third kappa shape index (κ3) is 6.32. The van der Waals surface area contributed by atoms with Gasteiger partial charge in [-0.3, -0.25) is 0 Å². The Kier molecular flexibility index (Phi) is 9.91. The van der Waals surface area contributed by atoms with Crippen molar-refractivity contribution in [3.63, 3.8) is 0 Å². The van der Waals surface area contributed by atoms with Crippen molar-refractivity contribution in [2.45, 2.75) is 10.8 Å². The monoisotopic (exact) mass is 1030 g/mol. The quantitative estimate of drug-likeness (QED) is 0.154. The van der Waals surface area contributed by atoms with E-state index in [1.807, 2.05) is 0 Å². The molecule has 0 aromatic heterocycles. The Morgan fingerprint density at radius 1 is 0.173 bits per heavy atom. The van der Waals surface area contributed by atoms with Crippen LogP contribution in [0.4, 0.5) is 17.1 Å². The van der Waals surface area contributed by atoms with Gasteiger partial charge in [-0.25, -0.2) is 0 Å². The minimum atomic E-state index is -0.428. The zero-order chi connectivity index (χ0) is 53.2. The molecule has 0 bridgehead atoms. The van der Waals surface area contributed by atoms with Crippen molar-refractivity contribution in [1.29, 1.82) is 0 Å². The Bertz CT molecular complexity index is 4610. The molecule has 0 saturated carbocycles. The predicted octanol–water partition coefficient (Wildman–Crippen LogP) is 20.5. The van der Waals surface area contributed by atoms with Gasteiger partial charge in [-0.1, -0.05) is 273 Å². The number of hydrogen-bond acceptors (Lipinski definition) is 1. The second-order valence-corrected chi connectivity index (χ2v) is 22.1. The minimum absolute atomic E-state index is 0.416. The van der Waals surface area contributed by atoms with E-state index >= 15 is 0 Å². The van der Waals surface area contributed by atoms with Gasteiger partial charge in [0.25, 0.3) is 0 Å². The lowest BCUT2D eigenvalue weighted by Gasteiger charge is -2.31. The Morgan fingerprint density at radius 3 is 1.02 bits per heavy atom. The van der Waals surface area contributed by atoms with Crippen molar-refractivity contribution >= 4 is 17.1 Å². The number of rotatable bonds is 7. The fraction of sp³-hybridized carbons (Fsp3) is 0.0250. The molecule has 17 rings (SSSR count).